The lowest BCUT2D eigenvalue weighted by Gasteiger charge is -2.11. The van der Waals surface area contributed by atoms with Crippen molar-refractivity contribution in [1.29, 1.82) is 0 Å². The Morgan fingerprint density at radius 2 is 1.95 bits per heavy atom. The minimum Gasteiger partial charge on any atom is -0.496 e. The van der Waals surface area contributed by atoms with Crippen LogP contribution in [0.1, 0.15) is 11.1 Å². The van der Waals surface area contributed by atoms with Crippen LogP contribution in [0, 0.1) is 0 Å². The number of hydrogen-bond acceptors (Lipinski definition) is 2. The lowest BCUT2D eigenvalue weighted by molar-refractivity contribution is 0.408. The Labute approximate surface area is 125 Å². The normalized spacial score (nSPS) is 11.0. The smallest absolute Gasteiger partial charge is 0.123 e. The summed E-state index contributed by atoms with van der Waals surface area (Å²) in [4.78, 5) is 0. The fourth-order valence-electron chi connectivity index (χ4n) is 2.70. The first kappa shape index (κ1) is 13.7. The second kappa shape index (κ2) is 6.02. The zero-order valence-corrected chi connectivity index (χ0v) is 12.5. The average molecular weight is 280 g/mol. The Morgan fingerprint density at radius 1 is 1.10 bits per heavy atom. The molecule has 3 rings (SSSR count). The van der Waals surface area contributed by atoms with Gasteiger partial charge in [-0.25, -0.2) is 0 Å². The van der Waals surface area contributed by atoms with E-state index in [1.165, 1.54) is 22.0 Å². The highest BCUT2D eigenvalue weighted by atomic mass is 16.5. The summed E-state index contributed by atoms with van der Waals surface area (Å²) in [5.74, 6) is 0.936. The summed E-state index contributed by atoms with van der Waals surface area (Å²) in [6.45, 7) is 1.70. The minimum atomic E-state index is 0.816. The first-order valence-electron chi connectivity index (χ1n) is 7.16. The van der Waals surface area contributed by atoms with E-state index in [4.69, 9.17) is 4.74 Å². The van der Waals surface area contributed by atoms with Crippen molar-refractivity contribution in [2.45, 2.75) is 13.1 Å². The van der Waals surface area contributed by atoms with Crippen LogP contribution in [0.15, 0.2) is 54.7 Å². The van der Waals surface area contributed by atoms with Crippen molar-refractivity contribution >= 4 is 10.9 Å². The summed E-state index contributed by atoms with van der Waals surface area (Å²) in [6, 6.07) is 16.9. The highest BCUT2D eigenvalue weighted by Crippen LogP contribution is 2.23. The van der Waals surface area contributed by atoms with Crippen molar-refractivity contribution < 1.29 is 4.74 Å². The van der Waals surface area contributed by atoms with Crippen molar-refractivity contribution in [3.8, 4) is 5.75 Å². The van der Waals surface area contributed by atoms with E-state index >= 15 is 0 Å². The average Bonchev–Trinajstić information content (AvgIpc) is 2.91. The van der Waals surface area contributed by atoms with Gasteiger partial charge in [0.25, 0.3) is 0 Å². The Kier molecular flexibility index (Phi) is 3.93. The topological polar surface area (TPSA) is 26.2 Å². The minimum absolute atomic E-state index is 0.816. The van der Waals surface area contributed by atoms with Crippen molar-refractivity contribution in [2.24, 2.45) is 0 Å². The molecule has 0 spiro atoms. The molecular formula is C18H20N2O. The van der Waals surface area contributed by atoms with Gasteiger partial charge in [-0.1, -0.05) is 30.3 Å². The van der Waals surface area contributed by atoms with Crippen molar-refractivity contribution in [1.82, 2.24) is 9.88 Å². The molecule has 1 N–H and O–H groups in total. The maximum atomic E-state index is 5.45. The van der Waals surface area contributed by atoms with Gasteiger partial charge in [-0.2, -0.15) is 0 Å². The maximum Gasteiger partial charge on any atom is 0.123 e. The van der Waals surface area contributed by atoms with Crippen LogP contribution < -0.4 is 10.1 Å². The molecule has 3 heteroatoms. The Balaban J connectivity index is 1.98. The van der Waals surface area contributed by atoms with E-state index in [0.717, 1.165) is 18.8 Å². The van der Waals surface area contributed by atoms with Crippen LogP contribution in [0.5, 0.6) is 5.75 Å². The second-order valence-electron chi connectivity index (χ2n) is 5.18. The van der Waals surface area contributed by atoms with Gasteiger partial charge in [0, 0.05) is 23.8 Å². The number of benzene rings is 2. The van der Waals surface area contributed by atoms with Crippen LogP contribution in [0.3, 0.4) is 0 Å². The van der Waals surface area contributed by atoms with Gasteiger partial charge in [-0.05, 0) is 36.2 Å². The monoisotopic (exact) mass is 280 g/mol. The molecule has 0 unspecified atom stereocenters. The highest BCUT2D eigenvalue weighted by molar-refractivity contribution is 5.81. The third-order valence-electron chi connectivity index (χ3n) is 3.75. The second-order valence-corrected chi connectivity index (χ2v) is 5.18. The van der Waals surface area contributed by atoms with Gasteiger partial charge < -0.3 is 14.6 Å². The number of nitrogens with one attached hydrogen (secondary N) is 1. The largest absolute Gasteiger partial charge is 0.496 e. The number of hydrogen-bond donors (Lipinski definition) is 1. The first-order valence-corrected chi connectivity index (χ1v) is 7.16. The van der Waals surface area contributed by atoms with Crippen LogP contribution in [-0.2, 0) is 13.1 Å². The third-order valence-corrected chi connectivity index (χ3v) is 3.75. The van der Waals surface area contributed by atoms with Crippen molar-refractivity contribution in [3.05, 3.63) is 65.9 Å². The molecule has 2 aromatic carbocycles. The predicted molar refractivity (Wildman–Crippen MR) is 86.8 cm³/mol. The molecule has 21 heavy (non-hydrogen) atoms. The Bertz CT molecular complexity index is 746. The molecule has 0 atom stereocenters. The van der Waals surface area contributed by atoms with Crippen LogP contribution >= 0.6 is 0 Å². The molecule has 0 bridgehead atoms. The zero-order valence-electron chi connectivity index (χ0n) is 12.5. The molecule has 1 heterocycles. The molecule has 0 radical (unpaired) electrons. The number of rotatable bonds is 5. The van der Waals surface area contributed by atoms with Crippen molar-refractivity contribution in [2.75, 3.05) is 14.2 Å². The number of fused-ring (bicyclic) bond motifs is 1. The van der Waals surface area contributed by atoms with Crippen LogP contribution in [0.2, 0.25) is 0 Å². The molecule has 3 nitrogen and oxygen atoms in total. The lowest BCUT2D eigenvalue weighted by atomic mass is 10.1. The Morgan fingerprint density at radius 3 is 2.76 bits per heavy atom. The lowest BCUT2D eigenvalue weighted by Crippen LogP contribution is -2.05. The maximum absolute atomic E-state index is 5.45. The summed E-state index contributed by atoms with van der Waals surface area (Å²) in [7, 11) is 3.69. The zero-order chi connectivity index (χ0) is 14.7. The van der Waals surface area contributed by atoms with E-state index in [9.17, 15) is 0 Å². The Hall–Kier alpha value is -2.26. The van der Waals surface area contributed by atoms with E-state index in [1.807, 2.05) is 19.2 Å². The van der Waals surface area contributed by atoms with Gasteiger partial charge in [0.1, 0.15) is 5.75 Å². The highest BCUT2D eigenvalue weighted by Gasteiger charge is 2.06. The molecule has 0 amide bonds. The van der Waals surface area contributed by atoms with Gasteiger partial charge in [-0.15, -0.1) is 0 Å². The molecule has 0 saturated carbocycles. The summed E-state index contributed by atoms with van der Waals surface area (Å²) in [5.41, 5.74) is 3.75. The van der Waals surface area contributed by atoms with E-state index < -0.39 is 0 Å². The fraction of sp³-hybridized carbons (Fsp3) is 0.222. The molecule has 0 aliphatic heterocycles. The fourth-order valence-corrected chi connectivity index (χ4v) is 2.70. The quantitative estimate of drug-likeness (QED) is 0.775. The summed E-state index contributed by atoms with van der Waals surface area (Å²) >= 11 is 0. The van der Waals surface area contributed by atoms with Crippen LogP contribution in [0.25, 0.3) is 10.9 Å². The van der Waals surface area contributed by atoms with Crippen LogP contribution in [0.4, 0.5) is 0 Å². The number of para-hydroxylation sites is 1. The van der Waals surface area contributed by atoms with E-state index in [0.29, 0.717) is 0 Å². The van der Waals surface area contributed by atoms with Crippen LogP contribution in [-0.4, -0.2) is 18.7 Å². The molecule has 0 aliphatic carbocycles. The number of nitrogens with zero attached hydrogens (tertiary/aromatic N) is 1. The molecule has 108 valence electrons. The summed E-state index contributed by atoms with van der Waals surface area (Å²) < 4.78 is 7.72. The molecule has 1 aromatic heterocycles. The number of ether oxygens (including phenoxy) is 1. The number of aromatic nitrogens is 1. The summed E-state index contributed by atoms with van der Waals surface area (Å²) in [6.07, 6.45) is 2.14. The SMILES string of the molecule is CNCc1ccc2ccn(Cc3ccccc3OC)c2c1. The van der Waals surface area contributed by atoms with Gasteiger partial charge in [0.05, 0.1) is 13.7 Å². The molecular weight excluding hydrogens is 260 g/mol. The molecule has 0 saturated heterocycles. The van der Waals surface area contributed by atoms with Gasteiger partial charge in [0.15, 0.2) is 0 Å². The van der Waals surface area contributed by atoms with Crippen molar-refractivity contribution in [3.63, 3.8) is 0 Å². The van der Waals surface area contributed by atoms with Gasteiger partial charge in [0.2, 0.25) is 0 Å². The molecule has 0 aliphatic rings. The van der Waals surface area contributed by atoms with Gasteiger partial charge >= 0.3 is 0 Å². The number of methoxy groups -OCH3 is 1. The van der Waals surface area contributed by atoms with E-state index in [-0.39, 0.29) is 0 Å². The predicted octanol–water partition coefficient (Wildman–Crippen LogP) is 3.42. The molecule has 0 fully saturated rings. The van der Waals surface area contributed by atoms with Gasteiger partial charge in [-0.3, -0.25) is 0 Å². The summed E-state index contributed by atoms with van der Waals surface area (Å²) in [5, 5.41) is 4.47. The first-order chi connectivity index (χ1) is 10.3. The van der Waals surface area contributed by atoms with E-state index in [1.54, 1.807) is 7.11 Å². The standard InChI is InChI=1S/C18H20N2O/c1-19-12-14-7-8-15-9-10-20(17(15)11-14)13-16-5-3-4-6-18(16)21-2/h3-11,19H,12-13H2,1-2H3. The van der Waals surface area contributed by atoms with E-state index in [2.05, 4.69) is 52.5 Å². The third kappa shape index (κ3) is 2.78. The molecule has 3 aromatic rings.